The molecule has 4 nitrogen and oxygen atoms in total. The Morgan fingerprint density at radius 2 is 1.65 bits per heavy atom. The fraction of sp³-hybridized carbons (Fsp3) is 1.00. The summed E-state index contributed by atoms with van der Waals surface area (Å²) < 4.78 is 31.9. The smallest absolute Gasteiger partial charge is 0.232 e. The zero-order chi connectivity index (χ0) is 13.1. The van der Waals surface area contributed by atoms with Gasteiger partial charge in [0.05, 0.1) is 25.1 Å². The summed E-state index contributed by atoms with van der Waals surface area (Å²) in [5.41, 5.74) is 0. The summed E-state index contributed by atoms with van der Waals surface area (Å²) in [6.45, 7) is 5.93. The average molecular weight is 287 g/mol. The largest absolute Gasteiger partial charge is 0.379 e. The monoisotopic (exact) mass is 286 g/mol. The number of rotatable bonds is 11. The van der Waals surface area contributed by atoms with Crippen LogP contribution in [0.5, 0.6) is 0 Å². The highest BCUT2D eigenvalue weighted by Crippen LogP contribution is 2.05. The Kier molecular flexibility index (Phi) is 10.2. The van der Waals surface area contributed by atoms with Crippen LogP contribution in [-0.2, 0) is 18.5 Å². The Morgan fingerprint density at radius 3 is 2.24 bits per heavy atom. The van der Waals surface area contributed by atoms with E-state index in [-0.39, 0.29) is 11.9 Å². The Morgan fingerprint density at radius 1 is 1.00 bits per heavy atom. The molecule has 6 heteroatoms. The van der Waals surface area contributed by atoms with Crippen molar-refractivity contribution in [2.24, 2.45) is 0 Å². The van der Waals surface area contributed by atoms with Crippen LogP contribution in [0.15, 0.2) is 0 Å². The second-order valence-corrected chi connectivity index (χ2v) is 7.09. The summed E-state index contributed by atoms with van der Waals surface area (Å²) in [6, 6.07) is 0. The Labute approximate surface area is 109 Å². The lowest BCUT2D eigenvalue weighted by molar-refractivity contribution is 0.0187. The summed E-state index contributed by atoms with van der Waals surface area (Å²) in [7, 11) is 1.78. The molecular formula is C11H23ClO4S. The van der Waals surface area contributed by atoms with Gasteiger partial charge in [-0.1, -0.05) is 12.8 Å². The second kappa shape index (κ2) is 10.1. The molecule has 0 heterocycles. The van der Waals surface area contributed by atoms with Crippen molar-refractivity contribution in [1.82, 2.24) is 0 Å². The Balaban J connectivity index is 3.09. The van der Waals surface area contributed by atoms with Crippen molar-refractivity contribution in [2.75, 3.05) is 25.6 Å². The van der Waals surface area contributed by atoms with Crippen molar-refractivity contribution in [2.45, 2.75) is 45.6 Å². The Hall–Kier alpha value is 0.160. The molecule has 0 N–H and O–H groups in total. The molecule has 0 aromatic rings. The van der Waals surface area contributed by atoms with Crippen LogP contribution in [0.1, 0.15) is 39.5 Å². The molecule has 0 aromatic heterocycles. The van der Waals surface area contributed by atoms with Crippen LogP contribution in [0.25, 0.3) is 0 Å². The van der Waals surface area contributed by atoms with Gasteiger partial charge in [-0.25, -0.2) is 8.42 Å². The summed E-state index contributed by atoms with van der Waals surface area (Å²) in [5, 5.41) is 0. The number of halogens is 1. The quantitative estimate of drug-likeness (QED) is 0.433. The van der Waals surface area contributed by atoms with E-state index in [1.807, 2.05) is 13.8 Å². The van der Waals surface area contributed by atoms with E-state index in [1.54, 1.807) is 0 Å². The lowest BCUT2D eigenvalue weighted by Gasteiger charge is -2.07. The van der Waals surface area contributed by atoms with Crippen LogP contribution in [0, 0.1) is 0 Å². The topological polar surface area (TPSA) is 52.6 Å². The fourth-order valence-electron chi connectivity index (χ4n) is 1.28. The third kappa shape index (κ3) is 16.2. The standard InChI is InChI=1S/C11H23ClO4S/c1-11(2)16-9-8-15-7-5-3-4-6-10-17(12,13)14/h11H,3-10H2,1-2H3. The van der Waals surface area contributed by atoms with Gasteiger partial charge in [0.15, 0.2) is 0 Å². The molecule has 0 saturated heterocycles. The molecular weight excluding hydrogens is 264 g/mol. The minimum absolute atomic E-state index is 0.0671. The van der Waals surface area contributed by atoms with Gasteiger partial charge in [0.25, 0.3) is 0 Å². The van der Waals surface area contributed by atoms with Crippen molar-refractivity contribution < 1.29 is 17.9 Å². The van der Waals surface area contributed by atoms with E-state index in [9.17, 15) is 8.42 Å². The van der Waals surface area contributed by atoms with Gasteiger partial charge in [-0.2, -0.15) is 0 Å². The van der Waals surface area contributed by atoms with Crippen molar-refractivity contribution in [3.05, 3.63) is 0 Å². The van der Waals surface area contributed by atoms with Gasteiger partial charge in [-0.15, -0.1) is 0 Å². The lowest BCUT2D eigenvalue weighted by Crippen LogP contribution is -2.10. The highest BCUT2D eigenvalue weighted by molar-refractivity contribution is 8.13. The third-order valence-electron chi connectivity index (χ3n) is 2.11. The summed E-state index contributed by atoms with van der Waals surface area (Å²) in [4.78, 5) is 0. The van der Waals surface area contributed by atoms with Crippen molar-refractivity contribution in [3.8, 4) is 0 Å². The van der Waals surface area contributed by atoms with E-state index >= 15 is 0 Å². The van der Waals surface area contributed by atoms with Crippen molar-refractivity contribution >= 4 is 19.7 Å². The maximum absolute atomic E-state index is 10.6. The van der Waals surface area contributed by atoms with E-state index in [0.29, 0.717) is 26.2 Å². The molecule has 104 valence electrons. The van der Waals surface area contributed by atoms with E-state index in [1.165, 1.54) is 0 Å². The first-order valence-electron chi connectivity index (χ1n) is 6.03. The van der Waals surface area contributed by atoms with Crippen LogP contribution >= 0.6 is 10.7 Å². The lowest BCUT2D eigenvalue weighted by atomic mass is 10.2. The van der Waals surface area contributed by atoms with Gasteiger partial charge in [-0.3, -0.25) is 0 Å². The van der Waals surface area contributed by atoms with Crippen molar-refractivity contribution in [3.63, 3.8) is 0 Å². The molecule has 0 spiro atoms. The number of unbranched alkanes of at least 4 members (excludes halogenated alkanes) is 3. The zero-order valence-corrected chi connectivity index (χ0v) is 12.2. The van der Waals surface area contributed by atoms with Crippen LogP contribution in [-0.4, -0.2) is 40.1 Å². The predicted molar refractivity (Wildman–Crippen MR) is 70.0 cm³/mol. The van der Waals surface area contributed by atoms with E-state index in [2.05, 4.69) is 0 Å². The highest BCUT2D eigenvalue weighted by Gasteiger charge is 2.03. The molecule has 0 unspecified atom stereocenters. The Bertz CT molecular complexity index is 265. The fourth-order valence-corrected chi connectivity index (χ4v) is 2.15. The van der Waals surface area contributed by atoms with E-state index < -0.39 is 9.05 Å². The maximum atomic E-state index is 10.6. The summed E-state index contributed by atoms with van der Waals surface area (Å²) in [6.07, 6.45) is 3.66. The van der Waals surface area contributed by atoms with Gasteiger partial charge in [0.2, 0.25) is 9.05 Å². The minimum atomic E-state index is -3.31. The minimum Gasteiger partial charge on any atom is -0.379 e. The van der Waals surface area contributed by atoms with Crippen LogP contribution in [0.4, 0.5) is 0 Å². The molecule has 0 saturated carbocycles. The molecule has 0 atom stereocenters. The molecule has 0 fully saturated rings. The van der Waals surface area contributed by atoms with Crippen LogP contribution < -0.4 is 0 Å². The molecule has 0 aromatic carbocycles. The molecule has 0 radical (unpaired) electrons. The normalized spacial score (nSPS) is 12.2. The first kappa shape index (κ1) is 17.2. The molecule has 0 aliphatic carbocycles. The van der Waals surface area contributed by atoms with Gasteiger partial charge < -0.3 is 9.47 Å². The molecule has 0 amide bonds. The first-order valence-corrected chi connectivity index (χ1v) is 8.51. The van der Waals surface area contributed by atoms with Crippen molar-refractivity contribution in [1.29, 1.82) is 0 Å². The zero-order valence-electron chi connectivity index (χ0n) is 10.7. The summed E-state index contributed by atoms with van der Waals surface area (Å²) in [5.74, 6) is 0.0671. The number of hydrogen-bond acceptors (Lipinski definition) is 4. The maximum Gasteiger partial charge on any atom is 0.232 e. The molecule has 0 rings (SSSR count). The summed E-state index contributed by atoms with van der Waals surface area (Å²) >= 11 is 0. The van der Waals surface area contributed by atoms with E-state index in [0.717, 1.165) is 19.3 Å². The highest BCUT2D eigenvalue weighted by atomic mass is 35.7. The second-order valence-electron chi connectivity index (χ2n) is 4.19. The molecule has 0 bridgehead atoms. The van der Waals surface area contributed by atoms with Gasteiger partial charge in [-0.05, 0) is 26.7 Å². The molecule has 17 heavy (non-hydrogen) atoms. The van der Waals surface area contributed by atoms with Gasteiger partial charge in [0, 0.05) is 17.3 Å². The van der Waals surface area contributed by atoms with Gasteiger partial charge >= 0.3 is 0 Å². The predicted octanol–water partition coefficient (Wildman–Crippen LogP) is 2.56. The van der Waals surface area contributed by atoms with Gasteiger partial charge in [0.1, 0.15) is 0 Å². The van der Waals surface area contributed by atoms with E-state index in [4.69, 9.17) is 20.2 Å². The van der Waals surface area contributed by atoms with Crippen LogP contribution in [0.3, 0.4) is 0 Å². The molecule has 0 aliphatic rings. The molecule has 0 aliphatic heterocycles. The third-order valence-corrected chi connectivity index (χ3v) is 3.34. The first-order chi connectivity index (χ1) is 7.92. The van der Waals surface area contributed by atoms with Crippen LogP contribution in [0.2, 0.25) is 0 Å². The SMILES string of the molecule is CC(C)OCCOCCCCCCS(=O)(=O)Cl. The number of hydrogen-bond donors (Lipinski definition) is 0. The number of ether oxygens (including phenoxy) is 2. The average Bonchev–Trinajstić information content (AvgIpc) is 2.18.